The molecule has 3 N–H and O–H groups in total. The average molecular weight is 233 g/mol. The third-order valence-corrected chi connectivity index (χ3v) is 3.31. The van der Waals surface area contributed by atoms with Gasteiger partial charge in [-0.25, -0.2) is 4.98 Å². The Balaban J connectivity index is 2.30. The number of aryl methyl sites for hydroxylation is 1. The zero-order valence-electron chi connectivity index (χ0n) is 10.4. The summed E-state index contributed by atoms with van der Waals surface area (Å²) in [4.78, 5) is 16.1. The maximum Gasteiger partial charge on any atom is 0.229 e. The van der Waals surface area contributed by atoms with Crippen molar-refractivity contribution in [1.29, 1.82) is 0 Å². The summed E-state index contributed by atoms with van der Waals surface area (Å²) in [6.07, 6.45) is 3.51. The molecule has 2 heterocycles. The van der Waals surface area contributed by atoms with E-state index in [2.05, 4.69) is 30.2 Å². The Morgan fingerprint density at radius 3 is 3.00 bits per heavy atom. The Kier molecular flexibility index (Phi) is 3.43. The smallest absolute Gasteiger partial charge is 0.229 e. The maximum atomic E-state index is 11.8. The number of carbonyl (C=O) groups excluding carboxylic acids is 1. The van der Waals surface area contributed by atoms with Crippen LogP contribution in [0, 0.1) is 5.92 Å². The number of nitrogens with two attached hydrogens (primary N) is 1. The second kappa shape index (κ2) is 4.84. The number of nitrogens with zero attached hydrogens (tertiary/aromatic N) is 1. The maximum absolute atomic E-state index is 11.8. The Hall–Kier alpha value is -1.42. The standard InChI is InChI=1S/C13H19N3O/c1-8(2)11-5-9-3-4-10(6-14)13(17)16-12(9)15-7-11/h5,7-8,10H,3-4,6,14H2,1-2H3,(H,15,16,17). The Bertz CT molecular complexity index is 429. The number of aromatic nitrogens is 1. The lowest BCUT2D eigenvalue weighted by Crippen LogP contribution is -2.28. The molecule has 0 fully saturated rings. The lowest BCUT2D eigenvalue weighted by molar-refractivity contribution is -0.119. The van der Waals surface area contributed by atoms with Crippen molar-refractivity contribution in [3.63, 3.8) is 0 Å². The van der Waals surface area contributed by atoms with Gasteiger partial charge in [0.25, 0.3) is 0 Å². The molecular weight excluding hydrogens is 214 g/mol. The summed E-state index contributed by atoms with van der Waals surface area (Å²) >= 11 is 0. The highest BCUT2D eigenvalue weighted by Gasteiger charge is 2.23. The van der Waals surface area contributed by atoms with Crippen LogP contribution in [0.4, 0.5) is 5.82 Å². The first-order valence-corrected chi connectivity index (χ1v) is 6.11. The first-order valence-electron chi connectivity index (χ1n) is 6.11. The summed E-state index contributed by atoms with van der Waals surface area (Å²) in [6, 6.07) is 2.15. The van der Waals surface area contributed by atoms with Crippen LogP contribution in [-0.2, 0) is 11.2 Å². The van der Waals surface area contributed by atoms with Crippen LogP contribution >= 0.6 is 0 Å². The van der Waals surface area contributed by atoms with Gasteiger partial charge in [-0.2, -0.15) is 0 Å². The average Bonchev–Trinajstić information content (AvgIpc) is 2.46. The Morgan fingerprint density at radius 1 is 1.59 bits per heavy atom. The SMILES string of the molecule is CC(C)c1cnc2c(c1)CCC(CN)C(=O)N2. The zero-order chi connectivity index (χ0) is 12.4. The van der Waals surface area contributed by atoms with Crippen LogP contribution in [0.3, 0.4) is 0 Å². The van der Waals surface area contributed by atoms with Crippen LogP contribution in [0.15, 0.2) is 12.3 Å². The van der Waals surface area contributed by atoms with Crippen LogP contribution in [0.1, 0.15) is 37.3 Å². The molecule has 0 saturated heterocycles. The largest absolute Gasteiger partial charge is 0.330 e. The van der Waals surface area contributed by atoms with E-state index in [9.17, 15) is 4.79 Å². The van der Waals surface area contributed by atoms with Crippen molar-refractivity contribution in [3.05, 3.63) is 23.4 Å². The van der Waals surface area contributed by atoms with Gasteiger partial charge in [0.1, 0.15) is 5.82 Å². The van der Waals surface area contributed by atoms with Crippen molar-refractivity contribution in [2.45, 2.75) is 32.6 Å². The van der Waals surface area contributed by atoms with Gasteiger partial charge in [0, 0.05) is 12.7 Å². The van der Waals surface area contributed by atoms with Gasteiger partial charge in [-0.1, -0.05) is 19.9 Å². The van der Waals surface area contributed by atoms with Gasteiger partial charge < -0.3 is 11.1 Å². The van der Waals surface area contributed by atoms with E-state index in [4.69, 9.17) is 5.73 Å². The molecule has 0 radical (unpaired) electrons. The third kappa shape index (κ3) is 2.47. The minimum atomic E-state index is -0.0910. The van der Waals surface area contributed by atoms with Crippen molar-refractivity contribution in [3.8, 4) is 0 Å². The summed E-state index contributed by atoms with van der Waals surface area (Å²) in [7, 11) is 0. The molecule has 2 rings (SSSR count). The third-order valence-electron chi connectivity index (χ3n) is 3.31. The molecule has 0 aliphatic carbocycles. The van der Waals surface area contributed by atoms with Gasteiger partial charge >= 0.3 is 0 Å². The molecule has 0 bridgehead atoms. The minimum Gasteiger partial charge on any atom is -0.330 e. The molecule has 1 aromatic heterocycles. The summed E-state index contributed by atoms with van der Waals surface area (Å²) in [5.74, 6) is 1.06. The molecule has 92 valence electrons. The number of rotatable bonds is 2. The van der Waals surface area contributed by atoms with E-state index in [0.717, 1.165) is 18.4 Å². The molecule has 1 aromatic rings. The number of anilines is 1. The van der Waals surface area contributed by atoms with Crippen molar-refractivity contribution < 1.29 is 4.79 Å². The highest BCUT2D eigenvalue weighted by Crippen LogP contribution is 2.25. The molecule has 17 heavy (non-hydrogen) atoms. The molecular formula is C13H19N3O. The highest BCUT2D eigenvalue weighted by atomic mass is 16.2. The van der Waals surface area contributed by atoms with E-state index in [-0.39, 0.29) is 11.8 Å². The summed E-state index contributed by atoms with van der Waals surface area (Å²) in [5.41, 5.74) is 7.93. The van der Waals surface area contributed by atoms with Gasteiger partial charge in [0.15, 0.2) is 0 Å². The van der Waals surface area contributed by atoms with E-state index >= 15 is 0 Å². The number of amides is 1. The van der Waals surface area contributed by atoms with E-state index in [1.807, 2.05) is 6.20 Å². The van der Waals surface area contributed by atoms with E-state index in [0.29, 0.717) is 18.3 Å². The molecule has 0 saturated carbocycles. The van der Waals surface area contributed by atoms with Gasteiger partial charge in [0.05, 0.1) is 5.92 Å². The molecule has 4 nitrogen and oxygen atoms in total. The fourth-order valence-electron chi connectivity index (χ4n) is 2.05. The van der Waals surface area contributed by atoms with E-state index in [1.54, 1.807) is 0 Å². The number of pyridine rings is 1. The topological polar surface area (TPSA) is 68.0 Å². The number of nitrogens with one attached hydrogen (secondary N) is 1. The van der Waals surface area contributed by atoms with E-state index in [1.165, 1.54) is 5.56 Å². The molecule has 0 aromatic carbocycles. The fourth-order valence-corrected chi connectivity index (χ4v) is 2.05. The van der Waals surface area contributed by atoms with Crippen molar-refractivity contribution >= 4 is 11.7 Å². The monoisotopic (exact) mass is 233 g/mol. The molecule has 1 unspecified atom stereocenters. The Labute approximate surface area is 102 Å². The molecule has 1 atom stereocenters. The zero-order valence-corrected chi connectivity index (χ0v) is 10.4. The lowest BCUT2D eigenvalue weighted by atomic mass is 9.98. The number of hydrogen-bond acceptors (Lipinski definition) is 3. The second-order valence-corrected chi connectivity index (χ2v) is 4.89. The predicted molar refractivity (Wildman–Crippen MR) is 67.8 cm³/mol. The van der Waals surface area contributed by atoms with Crippen LogP contribution in [0.5, 0.6) is 0 Å². The molecule has 4 heteroatoms. The van der Waals surface area contributed by atoms with Crippen LogP contribution in [0.2, 0.25) is 0 Å². The predicted octanol–water partition coefficient (Wildman–Crippen LogP) is 1.66. The van der Waals surface area contributed by atoms with Gasteiger partial charge in [-0.05, 0) is 29.9 Å². The van der Waals surface area contributed by atoms with Gasteiger partial charge in [-0.15, -0.1) is 0 Å². The van der Waals surface area contributed by atoms with Gasteiger partial charge in [0.2, 0.25) is 5.91 Å². The van der Waals surface area contributed by atoms with Gasteiger partial charge in [-0.3, -0.25) is 4.79 Å². The van der Waals surface area contributed by atoms with Crippen LogP contribution in [0.25, 0.3) is 0 Å². The number of carbonyl (C=O) groups is 1. The Morgan fingerprint density at radius 2 is 2.35 bits per heavy atom. The fraction of sp³-hybridized carbons (Fsp3) is 0.538. The first kappa shape index (κ1) is 12.0. The highest BCUT2D eigenvalue weighted by molar-refractivity contribution is 5.93. The number of hydrogen-bond donors (Lipinski definition) is 2. The van der Waals surface area contributed by atoms with Crippen molar-refractivity contribution in [2.24, 2.45) is 11.7 Å². The van der Waals surface area contributed by atoms with Crippen molar-refractivity contribution in [1.82, 2.24) is 4.98 Å². The minimum absolute atomic E-state index is 0.00366. The van der Waals surface area contributed by atoms with E-state index < -0.39 is 0 Å². The van der Waals surface area contributed by atoms with Crippen molar-refractivity contribution in [2.75, 3.05) is 11.9 Å². The summed E-state index contributed by atoms with van der Waals surface area (Å²) in [6.45, 7) is 4.68. The van der Waals surface area contributed by atoms with Crippen LogP contribution in [-0.4, -0.2) is 17.4 Å². The summed E-state index contributed by atoms with van der Waals surface area (Å²) in [5, 5.41) is 2.86. The first-order chi connectivity index (χ1) is 8.11. The lowest BCUT2D eigenvalue weighted by Gasteiger charge is -2.10. The molecule has 0 spiro atoms. The quantitative estimate of drug-likeness (QED) is 0.816. The van der Waals surface area contributed by atoms with Crippen LogP contribution < -0.4 is 11.1 Å². The normalized spacial score (nSPS) is 19.8. The number of fused-ring (bicyclic) bond motifs is 1. The molecule has 1 amide bonds. The molecule has 1 aliphatic heterocycles. The summed E-state index contributed by atoms with van der Waals surface area (Å²) < 4.78 is 0. The molecule has 1 aliphatic rings. The second-order valence-electron chi connectivity index (χ2n) is 4.89.